The molecule has 7 nitrogen and oxygen atoms in total. The van der Waals surface area contributed by atoms with Crippen molar-refractivity contribution in [3.63, 3.8) is 0 Å². The lowest BCUT2D eigenvalue weighted by Gasteiger charge is -2.04. The number of nitrogens with zero attached hydrogens (tertiary/aromatic N) is 2. The molecule has 134 valence electrons. The van der Waals surface area contributed by atoms with E-state index in [9.17, 15) is 14.0 Å². The predicted octanol–water partition coefficient (Wildman–Crippen LogP) is 1.89. The molecule has 0 aliphatic rings. The molecule has 0 aliphatic carbocycles. The highest BCUT2D eigenvalue weighted by atomic mass is 32.1. The molecule has 0 spiro atoms. The van der Waals surface area contributed by atoms with E-state index in [1.54, 1.807) is 12.1 Å². The zero-order chi connectivity index (χ0) is 18.4. The number of H-pyrrole nitrogens is 1. The molecule has 2 aromatic heterocycles. The van der Waals surface area contributed by atoms with Gasteiger partial charge in [0.15, 0.2) is 0 Å². The van der Waals surface area contributed by atoms with Crippen molar-refractivity contribution < 1.29 is 14.0 Å². The van der Waals surface area contributed by atoms with Gasteiger partial charge >= 0.3 is 0 Å². The Morgan fingerprint density at radius 2 is 2.00 bits per heavy atom. The molecule has 0 radical (unpaired) electrons. The number of carbonyl (C=O) groups is 2. The first kappa shape index (κ1) is 17.7. The molecular weight excluding hydrogens is 357 g/mol. The molecule has 0 atom stereocenters. The van der Waals surface area contributed by atoms with E-state index in [4.69, 9.17) is 0 Å². The van der Waals surface area contributed by atoms with Crippen LogP contribution in [0.4, 0.5) is 10.1 Å². The molecule has 0 fully saturated rings. The van der Waals surface area contributed by atoms with Crippen LogP contribution in [0.25, 0.3) is 0 Å². The lowest BCUT2D eigenvalue weighted by molar-refractivity contribution is -0.123. The minimum Gasteiger partial charge on any atom is -0.347 e. The number of carbonyl (C=O) groups excluding carboxylic acids is 2. The quantitative estimate of drug-likeness (QED) is 0.589. The number of hydrogen-bond donors (Lipinski definition) is 3. The van der Waals surface area contributed by atoms with Gasteiger partial charge in [-0.15, -0.1) is 11.3 Å². The van der Waals surface area contributed by atoms with Crippen molar-refractivity contribution in [2.45, 2.75) is 12.8 Å². The third-order valence-electron chi connectivity index (χ3n) is 3.44. The molecule has 2 heterocycles. The molecule has 0 bridgehead atoms. The SMILES string of the molecule is O=C(Cc1csc(Cc2ccc(F)cc2)n1)NCC(=O)Nc1cn[nH]c1. The van der Waals surface area contributed by atoms with Crippen LogP contribution >= 0.6 is 11.3 Å². The molecule has 0 unspecified atom stereocenters. The fourth-order valence-corrected chi connectivity index (χ4v) is 3.05. The van der Waals surface area contributed by atoms with E-state index >= 15 is 0 Å². The van der Waals surface area contributed by atoms with Crippen molar-refractivity contribution >= 4 is 28.8 Å². The third kappa shape index (κ3) is 5.21. The van der Waals surface area contributed by atoms with Crippen molar-refractivity contribution in [1.29, 1.82) is 0 Å². The van der Waals surface area contributed by atoms with Gasteiger partial charge in [0, 0.05) is 18.0 Å². The van der Waals surface area contributed by atoms with Crippen LogP contribution in [0.5, 0.6) is 0 Å². The Bertz CT molecular complexity index is 877. The lowest BCUT2D eigenvalue weighted by Crippen LogP contribution is -2.33. The van der Waals surface area contributed by atoms with Gasteiger partial charge in [0.25, 0.3) is 0 Å². The first-order valence-electron chi connectivity index (χ1n) is 7.81. The Labute approximate surface area is 152 Å². The number of nitrogens with one attached hydrogen (secondary N) is 3. The van der Waals surface area contributed by atoms with Crippen LogP contribution in [-0.2, 0) is 22.4 Å². The average Bonchev–Trinajstić information content (AvgIpc) is 3.27. The Hall–Kier alpha value is -3.07. The molecule has 9 heteroatoms. The van der Waals surface area contributed by atoms with Crippen LogP contribution in [0.2, 0.25) is 0 Å². The summed E-state index contributed by atoms with van der Waals surface area (Å²) in [5.74, 6) is -0.900. The second kappa shape index (κ2) is 8.34. The molecule has 3 rings (SSSR count). The van der Waals surface area contributed by atoms with Crippen LogP contribution in [0, 0.1) is 5.82 Å². The molecule has 26 heavy (non-hydrogen) atoms. The fraction of sp³-hybridized carbons (Fsp3) is 0.176. The standard InChI is InChI=1S/C17H16FN5O2S/c18-12-3-1-11(2-4-12)5-17-23-13(10-26-17)6-15(24)19-9-16(25)22-14-7-20-21-8-14/h1-4,7-8,10H,5-6,9H2,(H,19,24)(H,20,21)(H,22,25). The lowest BCUT2D eigenvalue weighted by atomic mass is 10.1. The Kier molecular flexibility index (Phi) is 5.69. The van der Waals surface area contributed by atoms with E-state index in [-0.39, 0.29) is 30.6 Å². The molecule has 0 aliphatic heterocycles. The zero-order valence-corrected chi connectivity index (χ0v) is 14.5. The minimum absolute atomic E-state index is 0.0961. The van der Waals surface area contributed by atoms with E-state index in [1.165, 1.54) is 35.9 Å². The van der Waals surface area contributed by atoms with Crippen molar-refractivity contribution in [2.24, 2.45) is 0 Å². The number of anilines is 1. The van der Waals surface area contributed by atoms with E-state index in [0.717, 1.165) is 10.6 Å². The topological polar surface area (TPSA) is 99.8 Å². The van der Waals surface area contributed by atoms with Gasteiger partial charge in [-0.05, 0) is 17.7 Å². The van der Waals surface area contributed by atoms with Crippen molar-refractivity contribution in [3.05, 3.63) is 64.1 Å². The van der Waals surface area contributed by atoms with Crippen LogP contribution in [0.1, 0.15) is 16.3 Å². The number of hydrogen-bond acceptors (Lipinski definition) is 5. The predicted molar refractivity (Wildman–Crippen MR) is 95.3 cm³/mol. The Balaban J connectivity index is 1.45. The molecular formula is C17H16FN5O2S. The number of benzene rings is 1. The summed E-state index contributed by atoms with van der Waals surface area (Å²) < 4.78 is 12.9. The monoisotopic (exact) mass is 373 g/mol. The third-order valence-corrected chi connectivity index (χ3v) is 4.34. The summed E-state index contributed by atoms with van der Waals surface area (Å²) in [6.45, 7) is -0.128. The highest BCUT2D eigenvalue weighted by Crippen LogP contribution is 2.15. The second-order valence-electron chi connectivity index (χ2n) is 5.52. The van der Waals surface area contributed by atoms with Crippen LogP contribution in [0.15, 0.2) is 42.0 Å². The van der Waals surface area contributed by atoms with Crippen molar-refractivity contribution in [1.82, 2.24) is 20.5 Å². The number of thiazole rings is 1. The van der Waals surface area contributed by atoms with E-state index in [1.807, 2.05) is 5.38 Å². The summed E-state index contributed by atoms with van der Waals surface area (Å²) in [6, 6.07) is 6.24. The van der Waals surface area contributed by atoms with Crippen molar-refractivity contribution in [3.8, 4) is 0 Å². The summed E-state index contributed by atoms with van der Waals surface area (Å²) in [5.41, 5.74) is 2.13. The first-order chi connectivity index (χ1) is 12.6. The maximum atomic E-state index is 12.9. The molecule has 0 saturated carbocycles. The number of aromatic nitrogens is 3. The Morgan fingerprint density at radius 1 is 1.19 bits per heavy atom. The summed E-state index contributed by atoms with van der Waals surface area (Å²) >= 11 is 1.44. The van der Waals surface area contributed by atoms with Crippen LogP contribution in [0.3, 0.4) is 0 Å². The second-order valence-corrected chi connectivity index (χ2v) is 6.47. The van der Waals surface area contributed by atoms with E-state index in [0.29, 0.717) is 17.8 Å². The molecule has 1 aromatic carbocycles. The molecule has 2 amide bonds. The molecule has 3 aromatic rings. The van der Waals surface area contributed by atoms with Crippen molar-refractivity contribution in [2.75, 3.05) is 11.9 Å². The molecule has 3 N–H and O–H groups in total. The summed E-state index contributed by atoms with van der Waals surface area (Å²) in [7, 11) is 0. The van der Waals surface area contributed by atoms with Gasteiger partial charge in [0.05, 0.1) is 35.6 Å². The van der Waals surface area contributed by atoms with Gasteiger partial charge in [-0.3, -0.25) is 14.7 Å². The maximum absolute atomic E-state index is 12.9. The van der Waals surface area contributed by atoms with Gasteiger partial charge in [-0.2, -0.15) is 5.10 Å². The van der Waals surface area contributed by atoms with E-state index in [2.05, 4.69) is 25.8 Å². The minimum atomic E-state index is -0.338. The normalized spacial score (nSPS) is 10.5. The summed E-state index contributed by atoms with van der Waals surface area (Å²) in [5, 5.41) is 14.1. The number of amides is 2. The van der Waals surface area contributed by atoms with Crippen LogP contribution in [-0.4, -0.2) is 33.5 Å². The van der Waals surface area contributed by atoms with Gasteiger partial charge in [-0.25, -0.2) is 9.37 Å². The highest BCUT2D eigenvalue weighted by molar-refractivity contribution is 7.09. The average molecular weight is 373 g/mol. The smallest absolute Gasteiger partial charge is 0.243 e. The molecule has 0 saturated heterocycles. The van der Waals surface area contributed by atoms with Gasteiger partial charge < -0.3 is 10.6 Å². The maximum Gasteiger partial charge on any atom is 0.243 e. The van der Waals surface area contributed by atoms with E-state index < -0.39 is 0 Å². The van der Waals surface area contributed by atoms with Gasteiger partial charge in [0.2, 0.25) is 11.8 Å². The zero-order valence-electron chi connectivity index (χ0n) is 13.7. The highest BCUT2D eigenvalue weighted by Gasteiger charge is 2.10. The van der Waals surface area contributed by atoms with Crippen LogP contribution < -0.4 is 10.6 Å². The Morgan fingerprint density at radius 3 is 2.73 bits per heavy atom. The summed E-state index contributed by atoms with van der Waals surface area (Å²) in [4.78, 5) is 28.0. The first-order valence-corrected chi connectivity index (χ1v) is 8.69. The van der Waals surface area contributed by atoms with Gasteiger partial charge in [0.1, 0.15) is 5.82 Å². The fourth-order valence-electron chi connectivity index (χ4n) is 2.22. The number of rotatable bonds is 7. The van der Waals surface area contributed by atoms with Gasteiger partial charge in [-0.1, -0.05) is 12.1 Å². The number of aromatic amines is 1. The number of halogens is 1. The largest absolute Gasteiger partial charge is 0.347 e. The summed E-state index contributed by atoms with van der Waals surface area (Å²) in [6.07, 6.45) is 3.69.